The molecule has 0 atom stereocenters. The Kier molecular flexibility index (Phi) is 8.85. The third-order valence-electron chi connectivity index (χ3n) is 7.00. The minimum absolute atomic E-state index is 0.144. The monoisotopic (exact) mass is 548 g/mol. The topological polar surface area (TPSA) is 46.4 Å². The summed E-state index contributed by atoms with van der Waals surface area (Å²) in [5, 5.41) is 10.1. The van der Waals surface area contributed by atoms with Crippen LogP contribution >= 0.6 is 0 Å². The van der Waals surface area contributed by atoms with E-state index in [1.807, 2.05) is 6.92 Å². The highest BCUT2D eigenvalue weighted by molar-refractivity contribution is 5.79. The van der Waals surface area contributed by atoms with Gasteiger partial charge in [0, 0.05) is 29.2 Å². The molecule has 6 aromatic carbocycles. The van der Waals surface area contributed by atoms with Crippen molar-refractivity contribution >= 4 is 22.7 Å². The number of nitro benzene ring substituents is 1. The summed E-state index contributed by atoms with van der Waals surface area (Å²) in [5.41, 5.74) is 10.8. The Morgan fingerprint density at radius 2 is 0.762 bits per heavy atom. The molecule has 0 aliphatic carbocycles. The largest absolute Gasteiger partial charge is 0.311 e. The van der Waals surface area contributed by atoms with Crippen LogP contribution in [0.15, 0.2) is 158 Å². The second-order valence-corrected chi connectivity index (χ2v) is 10.1. The highest BCUT2D eigenvalue weighted by atomic mass is 16.6. The molecule has 0 bridgehead atoms. The molecular weight excluding hydrogens is 516 g/mol. The van der Waals surface area contributed by atoms with E-state index in [9.17, 15) is 10.1 Å². The Labute approximate surface area is 247 Å². The molecule has 0 aromatic heterocycles. The van der Waals surface area contributed by atoms with Crippen LogP contribution < -0.4 is 4.90 Å². The molecule has 0 amide bonds. The van der Waals surface area contributed by atoms with Crippen molar-refractivity contribution in [3.63, 3.8) is 0 Å². The van der Waals surface area contributed by atoms with Crippen molar-refractivity contribution in [1.82, 2.24) is 0 Å². The van der Waals surface area contributed by atoms with Gasteiger partial charge in [-0.25, -0.2) is 0 Å². The molecule has 0 saturated carbocycles. The van der Waals surface area contributed by atoms with Gasteiger partial charge in [0.1, 0.15) is 0 Å². The first-order valence-corrected chi connectivity index (χ1v) is 13.9. The van der Waals surface area contributed by atoms with Gasteiger partial charge in [-0.3, -0.25) is 10.1 Å². The zero-order valence-electron chi connectivity index (χ0n) is 23.7. The minimum Gasteiger partial charge on any atom is -0.311 e. The second kappa shape index (κ2) is 13.2. The highest BCUT2D eigenvalue weighted by Gasteiger charge is 2.13. The summed E-state index contributed by atoms with van der Waals surface area (Å²) < 4.78 is 0. The number of nitrogens with zero attached hydrogens (tertiary/aromatic N) is 2. The Hall–Kier alpha value is -5.48. The molecule has 0 saturated heterocycles. The predicted molar refractivity (Wildman–Crippen MR) is 175 cm³/mol. The fourth-order valence-electron chi connectivity index (χ4n) is 4.67. The number of benzene rings is 6. The van der Waals surface area contributed by atoms with Crippen LogP contribution in [0.5, 0.6) is 0 Å². The third-order valence-corrected chi connectivity index (χ3v) is 7.00. The van der Waals surface area contributed by atoms with Crippen LogP contribution in [0, 0.1) is 24.0 Å². The molecule has 0 spiro atoms. The first-order chi connectivity index (χ1) is 20.5. The van der Waals surface area contributed by atoms with Crippen molar-refractivity contribution in [1.29, 1.82) is 0 Å². The molecule has 6 rings (SSSR count). The molecule has 0 radical (unpaired) electrons. The Balaban J connectivity index is 0.000000300. The summed E-state index contributed by atoms with van der Waals surface area (Å²) >= 11 is 0. The van der Waals surface area contributed by atoms with Gasteiger partial charge in [0.15, 0.2) is 0 Å². The number of hydrogen-bond acceptors (Lipinski definition) is 3. The van der Waals surface area contributed by atoms with Gasteiger partial charge in [-0.15, -0.1) is 0 Å². The van der Waals surface area contributed by atoms with E-state index in [-0.39, 0.29) is 5.69 Å². The summed E-state index contributed by atoms with van der Waals surface area (Å²) in [5.74, 6) is 0. The normalized spacial score (nSPS) is 10.3. The van der Waals surface area contributed by atoms with Crippen molar-refractivity contribution < 1.29 is 4.92 Å². The van der Waals surface area contributed by atoms with Gasteiger partial charge in [0.05, 0.1) is 4.92 Å². The Morgan fingerprint density at radius 1 is 0.429 bits per heavy atom. The molecule has 206 valence electrons. The number of anilines is 3. The molecule has 0 heterocycles. The smallest absolute Gasteiger partial charge is 0.269 e. The lowest BCUT2D eigenvalue weighted by molar-refractivity contribution is -0.384. The van der Waals surface area contributed by atoms with Crippen molar-refractivity contribution in [3.8, 4) is 22.3 Å². The second-order valence-electron chi connectivity index (χ2n) is 10.1. The molecule has 0 aliphatic heterocycles. The van der Waals surface area contributed by atoms with Gasteiger partial charge in [-0.2, -0.15) is 0 Å². The zero-order valence-corrected chi connectivity index (χ0v) is 23.7. The molecular formula is C38H32N2O2. The number of aryl methyl sites for hydroxylation is 2. The lowest BCUT2D eigenvalue weighted by Gasteiger charge is -2.26. The highest BCUT2D eigenvalue weighted by Crippen LogP contribution is 2.36. The Morgan fingerprint density at radius 3 is 1.19 bits per heavy atom. The van der Waals surface area contributed by atoms with Crippen LogP contribution in [0.3, 0.4) is 0 Å². The lowest BCUT2D eigenvalue weighted by atomic mass is 10.0. The lowest BCUT2D eigenvalue weighted by Crippen LogP contribution is -2.09. The van der Waals surface area contributed by atoms with Gasteiger partial charge >= 0.3 is 0 Å². The molecule has 0 unspecified atom stereocenters. The molecule has 0 N–H and O–H groups in total. The van der Waals surface area contributed by atoms with Gasteiger partial charge in [-0.1, -0.05) is 120 Å². The van der Waals surface area contributed by atoms with Crippen LogP contribution in [-0.4, -0.2) is 4.92 Å². The van der Waals surface area contributed by atoms with E-state index in [0.29, 0.717) is 0 Å². The molecule has 6 aromatic rings. The summed E-state index contributed by atoms with van der Waals surface area (Å²) in [6, 6.07) is 53.7. The van der Waals surface area contributed by atoms with E-state index >= 15 is 0 Å². The van der Waals surface area contributed by atoms with Gasteiger partial charge < -0.3 is 4.90 Å². The Bertz CT molecular complexity index is 1710. The zero-order chi connectivity index (χ0) is 29.3. The van der Waals surface area contributed by atoms with Crippen molar-refractivity contribution in [2.75, 3.05) is 4.90 Å². The maximum atomic E-state index is 10.1. The van der Waals surface area contributed by atoms with E-state index in [0.717, 1.165) is 22.6 Å². The van der Waals surface area contributed by atoms with Crippen LogP contribution in [0.25, 0.3) is 22.3 Å². The minimum atomic E-state index is -0.403. The van der Waals surface area contributed by atoms with Crippen LogP contribution in [0.1, 0.15) is 11.1 Å². The van der Waals surface area contributed by atoms with Crippen molar-refractivity contribution in [2.24, 2.45) is 0 Å². The van der Waals surface area contributed by atoms with E-state index in [2.05, 4.69) is 145 Å². The van der Waals surface area contributed by atoms with E-state index < -0.39 is 4.92 Å². The van der Waals surface area contributed by atoms with E-state index in [1.54, 1.807) is 12.1 Å². The first-order valence-electron chi connectivity index (χ1n) is 13.9. The summed E-state index contributed by atoms with van der Waals surface area (Å²) in [4.78, 5) is 12.0. The average molecular weight is 549 g/mol. The first kappa shape index (κ1) is 28.1. The van der Waals surface area contributed by atoms with Crippen molar-refractivity contribution in [3.05, 3.63) is 179 Å². The molecule has 42 heavy (non-hydrogen) atoms. The number of rotatable bonds is 6. The molecule has 4 nitrogen and oxygen atoms in total. The van der Waals surface area contributed by atoms with Crippen LogP contribution in [0.4, 0.5) is 22.7 Å². The fraction of sp³-hybridized carbons (Fsp3) is 0.0526. The van der Waals surface area contributed by atoms with Crippen molar-refractivity contribution in [2.45, 2.75) is 13.8 Å². The third kappa shape index (κ3) is 6.98. The van der Waals surface area contributed by atoms with Gasteiger partial charge in [-0.05, 0) is 72.5 Å². The quantitative estimate of drug-likeness (QED) is 0.154. The predicted octanol–water partition coefficient (Wildman–Crippen LogP) is 10.7. The number of non-ortho nitro benzene ring substituents is 1. The molecule has 0 fully saturated rings. The standard InChI is InChI=1S/C31H25N.C7H7NO2/c1-24-12-14-26(15-13-24)28-18-22-31(23-19-28)32(29-10-6-3-7-11-29)30-20-16-27(17-21-30)25-8-4-2-5-9-25;1-6-2-4-7(5-3-6)8(9)10/h2-23H,1H3;2-5H,1H3. The van der Waals surface area contributed by atoms with Gasteiger partial charge in [0.25, 0.3) is 5.69 Å². The number of nitro groups is 1. The van der Waals surface area contributed by atoms with E-state index in [1.165, 1.54) is 39.9 Å². The van der Waals surface area contributed by atoms with Crippen LogP contribution in [-0.2, 0) is 0 Å². The maximum absolute atomic E-state index is 10.1. The maximum Gasteiger partial charge on any atom is 0.269 e. The van der Waals surface area contributed by atoms with E-state index in [4.69, 9.17) is 0 Å². The van der Waals surface area contributed by atoms with Crippen LogP contribution in [0.2, 0.25) is 0 Å². The SMILES string of the molecule is Cc1ccc(-c2ccc(N(c3ccccc3)c3ccc(-c4ccccc4)cc3)cc2)cc1.Cc1ccc([N+](=O)[O-])cc1. The summed E-state index contributed by atoms with van der Waals surface area (Å²) in [6.07, 6.45) is 0. The molecule has 4 heteroatoms. The van der Waals surface area contributed by atoms with Gasteiger partial charge in [0.2, 0.25) is 0 Å². The summed E-state index contributed by atoms with van der Waals surface area (Å²) in [7, 11) is 0. The number of hydrogen-bond donors (Lipinski definition) is 0. The molecule has 0 aliphatic rings. The average Bonchev–Trinajstić information content (AvgIpc) is 3.04. The summed E-state index contributed by atoms with van der Waals surface area (Å²) in [6.45, 7) is 4.01. The number of para-hydroxylation sites is 1. The fourth-order valence-corrected chi connectivity index (χ4v) is 4.67.